The van der Waals surface area contributed by atoms with E-state index in [4.69, 9.17) is 9.47 Å². The Morgan fingerprint density at radius 1 is 0.893 bits per heavy atom. The Hall–Kier alpha value is -1.14. The first kappa shape index (κ1) is 20.1. The molecule has 2 saturated carbocycles. The highest BCUT2D eigenvalue weighted by Crippen LogP contribution is 2.54. The standard InChI is InChI=1S/C22H34O6/c1-12-5-7-16-19(27-16)14(12)10-22(21(25)26,9-3-4-18(23)24)11-15-13(2)6-8-17-20(15)28-17/h12-17,19-20H,3-11H2,1-2H3,(H,23,24)(H,25,26)/p-2. The highest BCUT2D eigenvalue weighted by atomic mass is 16.6. The van der Waals surface area contributed by atoms with Gasteiger partial charge in [0.05, 0.1) is 24.4 Å². The minimum Gasteiger partial charge on any atom is -0.550 e. The van der Waals surface area contributed by atoms with Gasteiger partial charge in [0.2, 0.25) is 0 Å². The molecule has 0 spiro atoms. The van der Waals surface area contributed by atoms with Crippen molar-refractivity contribution >= 4 is 11.9 Å². The predicted octanol–water partition coefficient (Wildman–Crippen LogP) is 1.05. The van der Waals surface area contributed by atoms with Crippen molar-refractivity contribution in [3.63, 3.8) is 0 Å². The molecular formula is C22H32O6-2. The fourth-order valence-electron chi connectivity index (χ4n) is 6.13. The van der Waals surface area contributed by atoms with Gasteiger partial charge in [0.1, 0.15) is 0 Å². The molecule has 0 aromatic rings. The molecule has 2 saturated heterocycles. The SMILES string of the molecule is CC1CCC2OC2C1CC(CCCC(=O)[O-])(CC1C(C)CCC2OC21)C(=O)[O-]. The quantitative estimate of drug-likeness (QED) is 0.543. The molecule has 6 nitrogen and oxygen atoms in total. The van der Waals surface area contributed by atoms with Crippen molar-refractivity contribution in [3.05, 3.63) is 0 Å². The van der Waals surface area contributed by atoms with Crippen LogP contribution in [0.15, 0.2) is 0 Å². The molecule has 6 heteroatoms. The number of ether oxygens (including phenoxy) is 2. The lowest BCUT2D eigenvalue weighted by Crippen LogP contribution is -2.48. The van der Waals surface area contributed by atoms with Crippen LogP contribution >= 0.6 is 0 Å². The average Bonchev–Trinajstić information content (AvgIpc) is 3.52. The van der Waals surface area contributed by atoms with Crippen molar-refractivity contribution in [2.45, 2.75) is 96.1 Å². The first-order chi connectivity index (χ1) is 13.3. The Balaban J connectivity index is 1.54. The molecule has 2 heterocycles. The van der Waals surface area contributed by atoms with Gasteiger partial charge in [-0.05, 0) is 81.5 Å². The van der Waals surface area contributed by atoms with Gasteiger partial charge in [0.25, 0.3) is 0 Å². The second-order valence-corrected chi connectivity index (χ2v) is 9.92. The third-order valence-electron chi connectivity index (χ3n) is 8.08. The second-order valence-electron chi connectivity index (χ2n) is 9.92. The zero-order valence-corrected chi connectivity index (χ0v) is 16.9. The normalized spacial score (nSPS) is 43.4. The molecule has 0 aromatic heterocycles. The number of rotatable bonds is 9. The molecule has 8 unspecified atom stereocenters. The molecule has 4 fully saturated rings. The summed E-state index contributed by atoms with van der Waals surface area (Å²) in [6.07, 6.45) is 6.69. The van der Waals surface area contributed by atoms with E-state index in [1.54, 1.807) is 0 Å². The zero-order valence-electron chi connectivity index (χ0n) is 16.9. The van der Waals surface area contributed by atoms with E-state index in [2.05, 4.69) is 13.8 Å². The van der Waals surface area contributed by atoms with Gasteiger partial charge in [-0.2, -0.15) is 0 Å². The largest absolute Gasteiger partial charge is 0.550 e. The molecule has 0 radical (unpaired) electrons. The van der Waals surface area contributed by atoms with Gasteiger partial charge in [0.15, 0.2) is 0 Å². The Kier molecular flexibility index (Phi) is 5.47. The molecule has 158 valence electrons. The first-order valence-electron chi connectivity index (χ1n) is 11.0. The summed E-state index contributed by atoms with van der Waals surface area (Å²) in [6, 6.07) is 0. The van der Waals surface area contributed by atoms with Gasteiger partial charge in [-0.3, -0.25) is 0 Å². The van der Waals surface area contributed by atoms with Crippen LogP contribution < -0.4 is 10.2 Å². The lowest BCUT2D eigenvalue weighted by atomic mass is 9.62. The molecule has 2 aliphatic heterocycles. The maximum Gasteiger partial charge on any atom is 0.0872 e. The summed E-state index contributed by atoms with van der Waals surface area (Å²) >= 11 is 0. The number of carboxylic acid groups (broad SMARTS) is 2. The molecule has 0 bridgehead atoms. The van der Waals surface area contributed by atoms with E-state index >= 15 is 0 Å². The number of fused-ring (bicyclic) bond motifs is 2. The summed E-state index contributed by atoms with van der Waals surface area (Å²) < 4.78 is 11.7. The van der Waals surface area contributed by atoms with Crippen LogP contribution in [-0.2, 0) is 19.1 Å². The highest BCUT2D eigenvalue weighted by Gasteiger charge is 2.55. The van der Waals surface area contributed by atoms with E-state index in [1.165, 1.54) is 0 Å². The highest BCUT2D eigenvalue weighted by molar-refractivity contribution is 5.72. The third-order valence-corrected chi connectivity index (χ3v) is 8.08. The van der Waals surface area contributed by atoms with E-state index in [-0.39, 0.29) is 42.7 Å². The number of epoxide rings is 2. The van der Waals surface area contributed by atoms with Crippen LogP contribution in [0.3, 0.4) is 0 Å². The van der Waals surface area contributed by atoms with Crippen LogP contribution in [0.5, 0.6) is 0 Å². The van der Waals surface area contributed by atoms with Crippen molar-refractivity contribution in [1.82, 2.24) is 0 Å². The Bertz CT molecular complexity index is 580. The summed E-state index contributed by atoms with van der Waals surface area (Å²) in [5.74, 6) is -0.922. The molecule has 4 rings (SSSR count). The Morgan fingerprint density at radius 2 is 1.39 bits per heavy atom. The van der Waals surface area contributed by atoms with Crippen LogP contribution in [0, 0.1) is 29.1 Å². The van der Waals surface area contributed by atoms with Crippen LogP contribution in [0.25, 0.3) is 0 Å². The maximum atomic E-state index is 12.5. The van der Waals surface area contributed by atoms with E-state index < -0.39 is 17.4 Å². The van der Waals surface area contributed by atoms with Crippen LogP contribution in [0.1, 0.15) is 71.6 Å². The molecule has 0 aromatic carbocycles. The van der Waals surface area contributed by atoms with Gasteiger partial charge >= 0.3 is 0 Å². The van der Waals surface area contributed by atoms with Gasteiger partial charge < -0.3 is 29.3 Å². The van der Waals surface area contributed by atoms with Crippen molar-refractivity contribution in [2.24, 2.45) is 29.1 Å². The summed E-state index contributed by atoms with van der Waals surface area (Å²) in [5.41, 5.74) is -1.02. The smallest absolute Gasteiger partial charge is 0.0872 e. The van der Waals surface area contributed by atoms with Gasteiger partial charge in [0, 0.05) is 17.4 Å². The number of hydrogen-bond donors (Lipinski definition) is 0. The van der Waals surface area contributed by atoms with E-state index in [0.29, 0.717) is 37.5 Å². The Labute approximate surface area is 167 Å². The third kappa shape index (κ3) is 3.95. The average molecular weight is 392 g/mol. The van der Waals surface area contributed by atoms with Crippen LogP contribution in [-0.4, -0.2) is 36.4 Å². The van der Waals surface area contributed by atoms with Crippen molar-refractivity contribution in [1.29, 1.82) is 0 Å². The molecular weight excluding hydrogens is 360 g/mol. The van der Waals surface area contributed by atoms with E-state index in [0.717, 1.165) is 25.7 Å². The first-order valence-corrected chi connectivity index (χ1v) is 11.0. The summed E-state index contributed by atoms with van der Waals surface area (Å²) in [4.78, 5) is 23.5. The number of aliphatic carboxylic acids is 2. The van der Waals surface area contributed by atoms with Gasteiger partial charge in [-0.15, -0.1) is 0 Å². The lowest BCUT2D eigenvalue weighted by molar-refractivity contribution is -0.323. The Morgan fingerprint density at radius 3 is 1.82 bits per heavy atom. The number of carboxylic acids is 2. The monoisotopic (exact) mass is 392 g/mol. The van der Waals surface area contributed by atoms with E-state index in [1.807, 2.05) is 0 Å². The predicted molar refractivity (Wildman–Crippen MR) is 96.6 cm³/mol. The number of carbonyl (C=O) groups is 2. The van der Waals surface area contributed by atoms with Crippen LogP contribution in [0.4, 0.5) is 0 Å². The van der Waals surface area contributed by atoms with E-state index in [9.17, 15) is 19.8 Å². The molecule has 28 heavy (non-hydrogen) atoms. The van der Waals surface area contributed by atoms with Gasteiger partial charge in [-0.1, -0.05) is 13.8 Å². The molecule has 8 atom stereocenters. The lowest BCUT2D eigenvalue weighted by Gasteiger charge is -2.43. The molecule has 2 aliphatic carbocycles. The van der Waals surface area contributed by atoms with Crippen molar-refractivity contribution < 1.29 is 29.3 Å². The fraction of sp³-hybridized carbons (Fsp3) is 0.909. The summed E-state index contributed by atoms with van der Waals surface area (Å²) in [7, 11) is 0. The van der Waals surface area contributed by atoms with Gasteiger partial charge in [-0.25, -0.2) is 0 Å². The second kappa shape index (κ2) is 7.60. The number of carbonyl (C=O) groups excluding carboxylic acids is 2. The zero-order chi connectivity index (χ0) is 20.1. The van der Waals surface area contributed by atoms with Crippen LogP contribution in [0.2, 0.25) is 0 Å². The summed E-state index contributed by atoms with van der Waals surface area (Å²) in [5, 5.41) is 23.5. The topological polar surface area (TPSA) is 105 Å². The molecule has 4 aliphatic rings. The van der Waals surface area contributed by atoms with Crippen molar-refractivity contribution in [3.8, 4) is 0 Å². The fourth-order valence-corrected chi connectivity index (χ4v) is 6.13. The van der Waals surface area contributed by atoms with Crippen molar-refractivity contribution in [2.75, 3.05) is 0 Å². The maximum absolute atomic E-state index is 12.5. The number of hydrogen-bond acceptors (Lipinski definition) is 6. The molecule has 0 N–H and O–H groups in total. The summed E-state index contributed by atoms with van der Waals surface area (Å²) in [6.45, 7) is 4.38. The molecule has 0 amide bonds. The minimum absolute atomic E-state index is 0.111. The minimum atomic E-state index is -1.12.